The molecule has 1 saturated carbocycles. The number of nitrogens with zero attached hydrogens (tertiary/aromatic N) is 3. The van der Waals surface area contributed by atoms with Gasteiger partial charge in [0.15, 0.2) is 0 Å². The first-order valence-corrected chi connectivity index (χ1v) is 16.1. The van der Waals surface area contributed by atoms with Crippen LogP contribution in [0.3, 0.4) is 0 Å². The third kappa shape index (κ3) is 6.66. The number of nitrogens with one attached hydrogen (secondary N) is 1. The van der Waals surface area contributed by atoms with Crippen molar-refractivity contribution in [2.45, 2.75) is 71.1 Å². The highest BCUT2D eigenvalue weighted by Gasteiger charge is 2.50. The second kappa shape index (κ2) is 11.7. The van der Waals surface area contributed by atoms with Crippen molar-refractivity contribution < 1.29 is 27.2 Å². The van der Waals surface area contributed by atoms with Gasteiger partial charge in [-0.3, -0.25) is 9.09 Å². The number of ether oxygens (including phenoxy) is 1. The molecule has 1 N–H and O–H groups in total. The average molecular weight is 597 g/mol. The summed E-state index contributed by atoms with van der Waals surface area (Å²) in [4.78, 5) is 4.92. The molecule has 2 heterocycles. The number of alkyl halides is 1. The lowest BCUT2D eigenvalue weighted by atomic mass is 9.77. The van der Waals surface area contributed by atoms with E-state index in [9.17, 15) is 8.96 Å². The second-order valence-electron chi connectivity index (χ2n) is 12.0. The molecule has 1 atom stereocenters. The van der Waals surface area contributed by atoms with E-state index in [1.165, 1.54) is 6.66 Å². The van der Waals surface area contributed by atoms with Crippen molar-refractivity contribution in [2.24, 2.45) is 0 Å². The molecule has 2 aromatic carbocycles. The normalized spacial score (nSPS) is 20.2. The maximum atomic E-state index is 14.1. The van der Waals surface area contributed by atoms with Crippen molar-refractivity contribution in [1.29, 1.82) is 0 Å². The molecule has 0 radical (unpaired) electrons. The van der Waals surface area contributed by atoms with Crippen LogP contribution in [0.4, 0.5) is 10.4 Å². The molecule has 9 nitrogen and oxygen atoms in total. The summed E-state index contributed by atoms with van der Waals surface area (Å²) in [6.45, 7) is 11.7. The zero-order valence-electron chi connectivity index (χ0n) is 24.9. The molecule has 1 aliphatic carbocycles. The Balaban J connectivity index is 1.27. The van der Waals surface area contributed by atoms with Gasteiger partial charge in [-0.1, -0.05) is 56.2 Å². The standard InChI is InChI=1S/C31H38FN4O5P/c1-7-38-23-14-24-20(2)13-26(34-27(24)25(15-23)30(3,4)5)28-35-36-29(40-28)33-22-16-31(17-22,19-32)41-42(6,37)39-18-21-11-9-8-10-12-21/h8-15,22H,7,16-19H2,1-6H3,(H,33,36)/t22-,31+,42?. The lowest BCUT2D eigenvalue weighted by molar-refractivity contribution is -0.0462. The fraction of sp³-hybridized carbons (Fsp3) is 0.452. The molecule has 11 heteroatoms. The van der Waals surface area contributed by atoms with Crippen LogP contribution in [0.5, 0.6) is 5.75 Å². The molecule has 0 bridgehead atoms. The Bertz CT molecular complexity index is 1600. The molecular weight excluding hydrogens is 558 g/mol. The fourth-order valence-electron chi connectivity index (χ4n) is 5.25. The van der Waals surface area contributed by atoms with Crippen molar-refractivity contribution in [3.05, 3.63) is 65.2 Å². The lowest BCUT2D eigenvalue weighted by Gasteiger charge is -2.45. The first kappa shape index (κ1) is 30.1. The summed E-state index contributed by atoms with van der Waals surface area (Å²) in [5.74, 6) is 1.09. The Morgan fingerprint density at radius 1 is 1.14 bits per heavy atom. The number of rotatable bonds is 11. The first-order chi connectivity index (χ1) is 19.9. The lowest BCUT2D eigenvalue weighted by Crippen LogP contribution is -2.53. The molecule has 1 fully saturated rings. The fourth-order valence-corrected chi connectivity index (χ4v) is 6.59. The summed E-state index contributed by atoms with van der Waals surface area (Å²) in [6.07, 6.45) is 0.552. The van der Waals surface area contributed by atoms with Crippen LogP contribution in [-0.4, -0.2) is 46.8 Å². The van der Waals surface area contributed by atoms with Crippen LogP contribution in [0.1, 0.15) is 57.2 Å². The van der Waals surface area contributed by atoms with Gasteiger partial charge in [-0.25, -0.2) is 9.37 Å². The summed E-state index contributed by atoms with van der Waals surface area (Å²) >= 11 is 0. The second-order valence-corrected chi connectivity index (χ2v) is 14.0. The number of benzene rings is 2. The topological polar surface area (TPSA) is 109 Å². The number of aromatic nitrogens is 3. The van der Waals surface area contributed by atoms with E-state index in [0.29, 0.717) is 12.3 Å². The Hall–Kier alpha value is -3.33. The Morgan fingerprint density at radius 2 is 1.88 bits per heavy atom. The number of hydrogen-bond donors (Lipinski definition) is 1. The largest absolute Gasteiger partial charge is 0.494 e. The van der Waals surface area contributed by atoms with Crippen LogP contribution in [0.25, 0.3) is 22.5 Å². The molecule has 0 saturated heterocycles. The van der Waals surface area contributed by atoms with Crippen LogP contribution in [-0.2, 0) is 25.6 Å². The molecule has 0 aliphatic heterocycles. The Kier molecular flexibility index (Phi) is 8.43. The van der Waals surface area contributed by atoms with Gasteiger partial charge in [0, 0.05) is 18.1 Å². The summed E-state index contributed by atoms with van der Waals surface area (Å²) in [5.41, 5.74) is 2.99. The van der Waals surface area contributed by atoms with Crippen LogP contribution in [0, 0.1) is 6.92 Å². The van der Waals surface area contributed by atoms with Gasteiger partial charge in [-0.05, 0) is 67.0 Å². The molecular formula is C31H38FN4O5P. The number of aryl methyl sites for hydroxylation is 1. The highest BCUT2D eigenvalue weighted by atomic mass is 31.2. The van der Waals surface area contributed by atoms with E-state index >= 15 is 0 Å². The van der Waals surface area contributed by atoms with Gasteiger partial charge in [0.1, 0.15) is 23.7 Å². The zero-order valence-corrected chi connectivity index (χ0v) is 25.8. The molecule has 4 aromatic rings. The minimum atomic E-state index is -3.49. The van der Waals surface area contributed by atoms with Gasteiger partial charge < -0.3 is 19.0 Å². The van der Waals surface area contributed by atoms with Crippen LogP contribution in [0.2, 0.25) is 0 Å². The van der Waals surface area contributed by atoms with E-state index in [-0.39, 0.29) is 42.8 Å². The van der Waals surface area contributed by atoms with Gasteiger partial charge in [0.05, 0.1) is 18.7 Å². The maximum absolute atomic E-state index is 14.1. The molecule has 0 amide bonds. The van der Waals surface area contributed by atoms with E-state index in [1.807, 2.05) is 62.4 Å². The van der Waals surface area contributed by atoms with E-state index in [1.54, 1.807) is 0 Å². The van der Waals surface area contributed by atoms with Gasteiger partial charge in [-0.2, -0.15) is 0 Å². The highest BCUT2D eigenvalue weighted by molar-refractivity contribution is 7.53. The molecule has 0 spiro atoms. The SMILES string of the molecule is CCOc1cc(C(C)(C)C)c2nc(-c3nnc(N[C@H]4C[C@@](CF)(OP(C)(=O)OCc5ccccc5)C4)o3)cc(C)c2c1. The van der Waals surface area contributed by atoms with Crippen molar-refractivity contribution in [1.82, 2.24) is 15.2 Å². The molecule has 224 valence electrons. The van der Waals surface area contributed by atoms with Gasteiger partial charge in [0.2, 0.25) is 0 Å². The van der Waals surface area contributed by atoms with Crippen molar-refractivity contribution in [2.75, 3.05) is 25.3 Å². The summed E-state index contributed by atoms with van der Waals surface area (Å²) in [5, 5.41) is 12.5. The minimum Gasteiger partial charge on any atom is -0.494 e. The van der Waals surface area contributed by atoms with Crippen LogP contribution >= 0.6 is 7.60 Å². The summed E-state index contributed by atoms with van der Waals surface area (Å²) in [6, 6.07) is 15.3. The molecule has 42 heavy (non-hydrogen) atoms. The quantitative estimate of drug-likeness (QED) is 0.175. The highest BCUT2D eigenvalue weighted by Crippen LogP contribution is 2.54. The maximum Gasteiger partial charge on any atom is 0.328 e. The van der Waals surface area contributed by atoms with Crippen LogP contribution < -0.4 is 10.1 Å². The monoisotopic (exact) mass is 596 g/mol. The van der Waals surface area contributed by atoms with E-state index in [4.69, 9.17) is 23.2 Å². The Morgan fingerprint density at radius 3 is 2.55 bits per heavy atom. The number of fused-ring (bicyclic) bond motifs is 1. The molecule has 1 aliphatic rings. The van der Waals surface area contributed by atoms with E-state index in [2.05, 4.69) is 36.3 Å². The molecule has 2 aromatic heterocycles. The van der Waals surface area contributed by atoms with Crippen molar-refractivity contribution in [3.63, 3.8) is 0 Å². The predicted octanol–water partition coefficient (Wildman–Crippen LogP) is 7.63. The van der Waals surface area contributed by atoms with Crippen LogP contribution in [0.15, 0.2) is 52.9 Å². The Labute approximate surface area is 245 Å². The zero-order chi connectivity index (χ0) is 30.1. The van der Waals surface area contributed by atoms with E-state index in [0.717, 1.165) is 33.3 Å². The third-order valence-electron chi connectivity index (χ3n) is 7.33. The smallest absolute Gasteiger partial charge is 0.328 e. The minimum absolute atomic E-state index is 0.122. The summed E-state index contributed by atoms with van der Waals surface area (Å²) < 4.78 is 50.0. The van der Waals surface area contributed by atoms with Gasteiger partial charge in [0.25, 0.3) is 5.89 Å². The number of hydrogen-bond acceptors (Lipinski definition) is 9. The van der Waals surface area contributed by atoms with Crippen molar-refractivity contribution in [3.8, 4) is 17.3 Å². The first-order valence-electron chi connectivity index (χ1n) is 14.1. The molecule has 5 rings (SSSR count). The molecule has 1 unspecified atom stereocenters. The third-order valence-corrected chi connectivity index (χ3v) is 8.65. The number of halogens is 1. The van der Waals surface area contributed by atoms with Gasteiger partial charge in [-0.15, -0.1) is 5.10 Å². The number of anilines is 1. The average Bonchev–Trinajstić information content (AvgIpc) is 3.39. The number of pyridine rings is 1. The van der Waals surface area contributed by atoms with E-state index < -0.39 is 19.9 Å². The predicted molar refractivity (Wildman–Crippen MR) is 161 cm³/mol. The van der Waals surface area contributed by atoms with Gasteiger partial charge >= 0.3 is 13.6 Å². The van der Waals surface area contributed by atoms with Crippen molar-refractivity contribution >= 4 is 24.5 Å². The summed E-state index contributed by atoms with van der Waals surface area (Å²) in [7, 11) is -3.49.